The Morgan fingerprint density at radius 2 is 1.69 bits per heavy atom. The summed E-state index contributed by atoms with van der Waals surface area (Å²) < 4.78 is 3.70. The Morgan fingerprint density at radius 3 is 2.34 bits per heavy atom. The first-order valence-electron chi connectivity index (χ1n) is 10.5. The largest absolute Gasteiger partial charge is 0.349 e. The van der Waals surface area contributed by atoms with Gasteiger partial charge in [0.1, 0.15) is 12.7 Å². The molecule has 4 rings (SSSR count). The number of thioether (sulfide) groups is 1. The van der Waals surface area contributed by atoms with Crippen LogP contribution in [0.3, 0.4) is 0 Å². The summed E-state index contributed by atoms with van der Waals surface area (Å²) in [5, 5.41) is 7.98. The molecule has 7 nitrogen and oxygen atoms in total. The summed E-state index contributed by atoms with van der Waals surface area (Å²) in [6.45, 7) is 6.33. The van der Waals surface area contributed by atoms with Gasteiger partial charge in [0.05, 0.1) is 17.5 Å². The molecule has 2 heterocycles. The quantitative estimate of drug-likeness (QED) is 0.402. The highest BCUT2D eigenvalue weighted by Gasteiger charge is 2.13. The van der Waals surface area contributed by atoms with Crippen molar-refractivity contribution in [3.05, 3.63) is 84.7 Å². The first-order valence-corrected chi connectivity index (χ1v) is 11.5. The maximum absolute atomic E-state index is 12.6. The molecule has 1 amide bonds. The molecule has 0 aliphatic rings. The van der Waals surface area contributed by atoms with Crippen molar-refractivity contribution in [2.24, 2.45) is 0 Å². The fourth-order valence-corrected chi connectivity index (χ4v) is 4.15. The van der Waals surface area contributed by atoms with E-state index in [1.54, 1.807) is 17.2 Å². The molecular weight excluding hydrogens is 420 g/mol. The molecule has 2 aromatic carbocycles. The van der Waals surface area contributed by atoms with Gasteiger partial charge in [0.25, 0.3) is 0 Å². The summed E-state index contributed by atoms with van der Waals surface area (Å²) in [4.78, 5) is 20.9. The molecule has 1 atom stereocenters. The predicted molar refractivity (Wildman–Crippen MR) is 126 cm³/mol. The molecule has 2 aromatic heterocycles. The fourth-order valence-electron chi connectivity index (χ4n) is 3.37. The predicted octanol–water partition coefficient (Wildman–Crippen LogP) is 4.55. The Morgan fingerprint density at radius 1 is 1.00 bits per heavy atom. The van der Waals surface area contributed by atoms with Crippen LogP contribution in [-0.4, -0.2) is 36.0 Å². The number of nitrogens with zero attached hydrogens (tertiary/aromatic N) is 5. The molecule has 0 aliphatic carbocycles. The molecule has 0 aliphatic heterocycles. The molecule has 1 unspecified atom stereocenters. The van der Waals surface area contributed by atoms with Crippen molar-refractivity contribution in [3.8, 4) is 11.4 Å². The van der Waals surface area contributed by atoms with Crippen LogP contribution >= 0.6 is 11.8 Å². The molecule has 0 fully saturated rings. The molecule has 4 aromatic rings. The van der Waals surface area contributed by atoms with Crippen molar-refractivity contribution >= 4 is 17.7 Å². The molecule has 0 spiro atoms. The summed E-state index contributed by atoms with van der Waals surface area (Å²) in [6, 6.07) is 16.2. The van der Waals surface area contributed by atoms with E-state index < -0.39 is 0 Å². The van der Waals surface area contributed by atoms with Crippen molar-refractivity contribution in [2.75, 3.05) is 5.75 Å². The second-order valence-corrected chi connectivity index (χ2v) is 8.78. The molecule has 0 radical (unpaired) electrons. The van der Waals surface area contributed by atoms with E-state index in [0.717, 1.165) is 22.1 Å². The summed E-state index contributed by atoms with van der Waals surface area (Å²) in [5.41, 5.74) is 4.29. The average Bonchev–Trinajstić information content (AvgIpc) is 3.50. The van der Waals surface area contributed by atoms with Gasteiger partial charge in [-0.25, -0.2) is 14.6 Å². The number of hydrogen-bond donors (Lipinski definition) is 1. The van der Waals surface area contributed by atoms with Gasteiger partial charge in [-0.1, -0.05) is 49.9 Å². The number of hydrogen-bond acceptors (Lipinski definition) is 5. The van der Waals surface area contributed by atoms with Gasteiger partial charge in [-0.2, -0.15) is 5.10 Å². The standard InChI is InChI=1S/C24H26N6OS/c1-17(2)19-4-8-21(9-5-19)29-13-12-26-24(29)32-14-23(31)28-18(3)20-6-10-22(11-7-20)30-16-25-15-27-30/h4-13,15-18H,14H2,1-3H3,(H,28,31). The van der Waals surface area contributed by atoms with Crippen LogP contribution in [-0.2, 0) is 4.79 Å². The van der Waals surface area contributed by atoms with Gasteiger partial charge in [-0.05, 0) is 48.2 Å². The van der Waals surface area contributed by atoms with Crippen LogP contribution in [0, 0.1) is 0 Å². The van der Waals surface area contributed by atoms with Crippen molar-refractivity contribution in [3.63, 3.8) is 0 Å². The molecule has 0 saturated carbocycles. The molecule has 164 valence electrons. The zero-order chi connectivity index (χ0) is 22.5. The lowest BCUT2D eigenvalue weighted by atomic mass is 10.0. The Labute approximate surface area is 191 Å². The van der Waals surface area contributed by atoms with Crippen LogP contribution < -0.4 is 5.32 Å². The van der Waals surface area contributed by atoms with E-state index in [9.17, 15) is 4.79 Å². The van der Waals surface area contributed by atoms with Gasteiger partial charge in [0.15, 0.2) is 5.16 Å². The zero-order valence-electron chi connectivity index (χ0n) is 18.3. The Bertz CT molecular complexity index is 1150. The third-order valence-corrected chi connectivity index (χ3v) is 6.20. The highest BCUT2D eigenvalue weighted by Crippen LogP contribution is 2.23. The number of imidazole rings is 1. The van der Waals surface area contributed by atoms with E-state index >= 15 is 0 Å². The van der Waals surface area contributed by atoms with Crippen LogP contribution in [0.2, 0.25) is 0 Å². The van der Waals surface area contributed by atoms with E-state index in [0.29, 0.717) is 11.7 Å². The minimum Gasteiger partial charge on any atom is -0.349 e. The number of nitrogens with one attached hydrogen (secondary N) is 1. The van der Waals surface area contributed by atoms with Gasteiger partial charge in [-0.3, -0.25) is 9.36 Å². The van der Waals surface area contributed by atoms with E-state index in [-0.39, 0.29) is 11.9 Å². The van der Waals surface area contributed by atoms with Gasteiger partial charge < -0.3 is 5.32 Å². The lowest BCUT2D eigenvalue weighted by molar-refractivity contribution is -0.119. The third kappa shape index (κ3) is 5.08. The minimum atomic E-state index is -0.101. The number of carbonyl (C=O) groups is 1. The van der Waals surface area contributed by atoms with E-state index in [1.807, 2.05) is 42.0 Å². The number of carbonyl (C=O) groups excluding carboxylic acids is 1. The second kappa shape index (κ2) is 9.82. The maximum Gasteiger partial charge on any atom is 0.230 e. The highest BCUT2D eigenvalue weighted by molar-refractivity contribution is 7.99. The van der Waals surface area contributed by atoms with Gasteiger partial charge in [0.2, 0.25) is 5.91 Å². The maximum atomic E-state index is 12.6. The van der Waals surface area contributed by atoms with Crippen LogP contribution in [0.25, 0.3) is 11.4 Å². The lowest BCUT2D eigenvalue weighted by Gasteiger charge is -2.15. The minimum absolute atomic E-state index is 0.0347. The fraction of sp³-hybridized carbons (Fsp3) is 0.250. The zero-order valence-corrected chi connectivity index (χ0v) is 19.2. The third-order valence-electron chi connectivity index (χ3n) is 5.23. The lowest BCUT2D eigenvalue weighted by Crippen LogP contribution is -2.28. The SMILES string of the molecule is CC(C)c1ccc(-n2ccnc2SCC(=O)NC(C)c2ccc(-n3cncn3)cc2)cc1. The van der Waals surface area contributed by atoms with E-state index in [1.165, 1.54) is 23.7 Å². The average molecular weight is 447 g/mol. The molecule has 0 bridgehead atoms. The number of aromatic nitrogens is 5. The Kier molecular flexibility index (Phi) is 6.70. The van der Waals surface area contributed by atoms with Gasteiger partial charge in [-0.15, -0.1) is 0 Å². The van der Waals surface area contributed by atoms with Crippen LogP contribution in [0.15, 0.2) is 78.7 Å². The van der Waals surface area contributed by atoms with E-state index in [4.69, 9.17) is 0 Å². The molecule has 0 saturated heterocycles. The van der Waals surface area contributed by atoms with Crippen molar-refractivity contribution in [1.82, 2.24) is 29.6 Å². The Balaban J connectivity index is 1.34. The smallest absolute Gasteiger partial charge is 0.230 e. The molecule has 32 heavy (non-hydrogen) atoms. The van der Waals surface area contributed by atoms with Crippen LogP contribution in [0.4, 0.5) is 0 Å². The number of amides is 1. The summed E-state index contributed by atoms with van der Waals surface area (Å²) in [5.74, 6) is 0.750. The molecule has 8 heteroatoms. The number of benzene rings is 2. The summed E-state index contributed by atoms with van der Waals surface area (Å²) in [7, 11) is 0. The highest BCUT2D eigenvalue weighted by atomic mass is 32.2. The normalized spacial score (nSPS) is 12.1. The molecular formula is C24H26N6OS. The first kappa shape index (κ1) is 21.8. The van der Waals surface area contributed by atoms with Gasteiger partial charge >= 0.3 is 0 Å². The van der Waals surface area contributed by atoms with Gasteiger partial charge in [0, 0.05) is 18.1 Å². The van der Waals surface area contributed by atoms with Crippen LogP contribution in [0.1, 0.15) is 43.9 Å². The van der Waals surface area contributed by atoms with Crippen molar-refractivity contribution < 1.29 is 4.79 Å². The molecule has 1 N–H and O–H groups in total. The second-order valence-electron chi connectivity index (χ2n) is 7.84. The topological polar surface area (TPSA) is 77.6 Å². The first-order chi connectivity index (χ1) is 15.5. The van der Waals surface area contributed by atoms with Crippen molar-refractivity contribution in [1.29, 1.82) is 0 Å². The number of rotatable bonds is 8. The monoisotopic (exact) mass is 446 g/mol. The Hall–Kier alpha value is -3.39. The van der Waals surface area contributed by atoms with E-state index in [2.05, 4.69) is 58.5 Å². The summed E-state index contributed by atoms with van der Waals surface area (Å²) >= 11 is 1.43. The summed E-state index contributed by atoms with van der Waals surface area (Å²) in [6.07, 6.45) is 6.83. The van der Waals surface area contributed by atoms with Crippen LogP contribution in [0.5, 0.6) is 0 Å². The van der Waals surface area contributed by atoms with Crippen molar-refractivity contribution in [2.45, 2.75) is 37.9 Å².